The molecule has 1 fully saturated rings. The highest BCUT2D eigenvalue weighted by Crippen LogP contribution is 2.28. The van der Waals surface area contributed by atoms with E-state index < -0.39 is 23.6 Å². The maximum Gasteiger partial charge on any atom is 0.246 e. The molecule has 0 spiro atoms. The molecule has 3 N–H and O–H groups in total. The van der Waals surface area contributed by atoms with Crippen LogP contribution < -0.4 is 10.6 Å². The summed E-state index contributed by atoms with van der Waals surface area (Å²) in [7, 11) is 0. The Morgan fingerprint density at radius 3 is 2.26 bits per heavy atom. The highest BCUT2D eigenvalue weighted by molar-refractivity contribution is 5.93. The zero-order chi connectivity index (χ0) is 28.4. The molecular formula is C29H42N4O5. The Balaban J connectivity index is 1.72. The van der Waals surface area contributed by atoms with Crippen molar-refractivity contribution in [2.45, 2.75) is 92.5 Å². The van der Waals surface area contributed by atoms with Crippen LogP contribution in [0.5, 0.6) is 0 Å². The number of carbonyl (C=O) groups is 3. The lowest BCUT2D eigenvalue weighted by Crippen LogP contribution is -2.58. The molecule has 1 aliphatic rings. The number of aromatic nitrogens is 1. The van der Waals surface area contributed by atoms with Crippen LogP contribution in [0.15, 0.2) is 35.1 Å². The normalized spacial score (nSPS) is 19.7. The molecule has 2 heterocycles. The quantitative estimate of drug-likeness (QED) is 0.505. The van der Waals surface area contributed by atoms with E-state index in [-0.39, 0.29) is 48.6 Å². The molecule has 1 aromatic heterocycles. The third-order valence-electron chi connectivity index (χ3n) is 6.80. The second kappa shape index (κ2) is 11.3. The van der Waals surface area contributed by atoms with Crippen molar-refractivity contribution in [1.29, 1.82) is 0 Å². The Morgan fingerprint density at radius 1 is 1.11 bits per heavy atom. The van der Waals surface area contributed by atoms with Crippen molar-refractivity contribution in [3.63, 3.8) is 0 Å². The number of carbonyl (C=O) groups excluding carboxylic acids is 3. The predicted molar refractivity (Wildman–Crippen MR) is 145 cm³/mol. The molecule has 4 atom stereocenters. The summed E-state index contributed by atoms with van der Waals surface area (Å²) in [6.07, 6.45) is 1.19. The van der Waals surface area contributed by atoms with Crippen LogP contribution >= 0.6 is 0 Å². The molecule has 0 aliphatic carbocycles. The summed E-state index contributed by atoms with van der Waals surface area (Å²) in [5, 5.41) is 20.2. The van der Waals surface area contributed by atoms with Gasteiger partial charge < -0.3 is 25.2 Å². The summed E-state index contributed by atoms with van der Waals surface area (Å²) < 4.78 is 5.02. The van der Waals surface area contributed by atoms with E-state index in [1.54, 1.807) is 6.26 Å². The van der Waals surface area contributed by atoms with E-state index in [0.29, 0.717) is 0 Å². The summed E-state index contributed by atoms with van der Waals surface area (Å²) in [6, 6.07) is 5.77. The van der Waals surface area contributed by atoms with Gasteiger partial charge in [-0.05, 0) is 35.8 Å². The summed E-state index contributed by atoms with van der Waals surface area (Å²) in [5.41, 5.74) is 2.75. The number of β-amino-alcohol motifs (C(OH)–C–C–N with tert-alkyl or cyclic N) is 1. The van der Waals surface area contributed by atoms with Crippen LogP contribution in [0.25, 0.3) is 11.1 Å². The van der Waals surface area contributed by atoms with E-state index in [1.165, 1.54) is 4.90 Å². The molecule has 4 unspecified atom stereocenters. The first-order chi connectivity index (χ1) is 17.6. The van der Waals surface area contributed by atoms with Crippen molar-refractivity contribution >= 4 is 17.7 Å². The molecule has 9 heteroatoms. The van der Waals surface area contributed by atoms with Crippen LogP contribution in [0.1, 0.15) is 78.6 Å². The van der Waals surface area contributed by atoms with E-state index in [9.17, 15) is 19.5 Å². The van der Waals surface area contributed by atoms with Gasteiger partial charge in [0.1, 0.15) is 18.3 Å². The molecule has 208 valence electrons. The highest BCUT2D eigenvalue weighted by Gasteiger charge is 2.44. The fourth-order valence-electron chi connectivity index (χ4n) is 4.73. The lowest BCUT2D eigenvalue weighted by Gasteiger charge is -2.36. The number of benzene rings is 1. The van der Waals surface area contributed by atoms with E-state index >= 15 is 0 Å². The maximum atomic E-state index is 13.7. The molecule has 2 aromatic rings. The fraction of sp³-hybridized carbons (Fsp3) is 0.586. The number of nitrogens with zero attached hydrogens (tertiary/aromatic N) is 2. The highest BCUT2D eigenvalue weighted by atomic mass is 16.5. The van der Waals surface area contributed by atoms with Crippen molar-refractivity contribution in [1.82, 2.24) is 20.7 Å². The van der Waals surface area contributed by atoms with Gasteiger partial charge in [-0.15, -0.1) is 0 Å². The van der Waals surface area contributed by atoms with Crippen LogP contribution in [0, 0.1) is 17.8 Å². The molecule has 0 bridgehead atoms. The topological polar surface area (TPSA) is 125 Å². The van der Waals surface area contributed by atoms with Crippen LogP contribution in [0.3, 0.4) is 0 Å². The van der Waals surface area contributed by atoms with Crippen LogP contribution in [-0.2, 0) is 14.4 Å². The SMILES string of the molecule is Cc1nocc1-c1ccc(C(C)NC(=O)C2CC(O)CN2C(=O)C(NC(=O)CC(C)(C)C)C(C)(C)C)cc1. The Bertz CT molecular complexity index is 1140. The average molecular weight is 527 g/mol. The predicted octanol–water partition coefficient (Wildman–Crippen LogP) is 3.76. The number of likely N-dealkylation sites (tertiary alicyclic amines) is 1. The Morgan fingerprint density at radius 2 is 1.74 bits per heavy atom. The first-order valence-electron chi connectivity index (χ1n) is 13.2. The number of hydrogen-bond acceptors (Lipinski definition) is 6. The number of amides is 3. The van der Waals surface area contributed by atoms with Gasteiger partial charge in [-0.3, -0.25) is 14.4 Å². The average Bonchev–Trinajstić information content (AvgIpc) is 3.40. The molecule has 0 radical (unpaired) electrons. The second-order valence-corrected chi connectivity index (χ2v) is 12.7. The summed E-state index contributed by atoms with van der Waals surface area (Å²) in [6.45, 7) is 15.3. The third kappa shape index (κ3) is 7.22. The van der Waals surface area contributed by atoms with E-state index in [4.69, 9.17) is 4.52 Å². The van der Waals surface area contributed by atoms with Crippen LogP contribution in [-0.4, -0.2) is 57.6 Å². The van der Waals surface area contributed by atoms with Crippen molar-refractivity contribution in [3.05, 3.63) is 41.8 Å². The molecule has 38 heavy (non-hydrogen) atoms. The van der Waals surface area contributed by atoms with Gasteiger partial charge in [0, 0.05) is 24.9 Å². The van der Waals surface area contributed by atoms with Gasteiger partial charge >= 0.3 is 0 Å². The molecule has 9 nitrogen and oxygen atoms in total. The monoisotopic (exact) mass is 526 g/mol. The Kier molecular flexibility index (Phi) is 8.71. The minimum absolute atomic E-state index is 0.0415. The van der Waals surface area contributed by atoms with E-state index in [1.807, 2.05) is 79.7 Å². The van der Waals surface area contributed by atoms with Crippen molar-refractivity contribution in [2.75, 3.05) is 6.54 Å². The minimum atomic E-state index is -0.830. The van der Waals surface area contributed by atoms with E-state index in [2.05, 4.69) is 15.8 Å². The van der Waals surface area contributed by atoms with E-state index in [0.717, 1.165) is 22.4 Å². The molecule has 1 saturated heterocycles. The minimum Gasteiger partial charge on any atom is -0.391 e. The number of aliphatic hydroxyl groups excluding tert-OH is 1. The van der Waals surface area contributed by atoms with Gasteiger partial charge in [0.25, 0.3) is 0 Å². The summed E-state index contributed by atoms with van der Waals surface area (Å²) in [5.74, 6) is -0.919. The zero-order valence-electron chi connectivity index (χ0n) is 23.8. The molecule has 1 aromatic carbocycles. The first kappa shape index (κ1) is 29.4. The summed E-state index contributed by atoms with van der Waals surface area (Å²) in [4.78, 5) is 41.2. The number of nitrogens with one attached hydrogen (secondary N) is 2. The Labute approximate surface area is 225 Å². The molecule has 0 saturated carbocycles. The third-order valence-corrected chi connectivity index (χ3v) is 6.80. The van der Waals surface area contributed by atoms with Crippen LogP contribution in [0.2, 0.25) is 0 Å². The van der Waals surface area contributed by atoms with Crippen molar-refractivity contribution in [2.24, 2.45) is 10.8 Å². The van der Waals surface area contributed by atoms with Gasteiger partial charge in [-0.25, -0.2) is 0 Å². The largest absolute Gasteiger partial charge is 0.391 e. The molecular weight excluding hydrogens is 484 g/mol. The van der Waals surface area contributed by atoms with Crippen molar-refractivity contribution < 1.29 is 24.0 Å². The van der Waals surface area contributed by atoms with Crippen molar-refractivity contribution in [3.8, 4) is 11.1 Å². The number of aryl methyl sites for hydroxylation is 1. The first-order valence-corrected chi connectivity index (χ1v) is 13.2. The maximum absolute atomic E-state index is 13.7. The number of hydrogen-bond donors (Lipinski definition) is 3. The molecule has 1 aliphatic heterocycles. The lowest BCUT2D eigenvalue weighted by molar-refractivity contribution is -0.144. The number of rotatable bonds is 7. The second-order valence-electron chi connectivity index (χ2n) is 12.7. The van der Waals surface area contributed by atoms with Gasteiger partial charge in [0.2, 0.25) is 17.7 Å². The molecule has 3 amide bonds. The summed E-state index contributed by atoms with van der Waals surface area (Å²) >= 11 is 0. The van der Waals surface area contributed by atoms with Gasteiger partial charge in [-0.1, -0.05) is 71.0 Å². The van der Waals surface area contributed by atoms with Gasteiger partial charge in [0.05, 0.1) is 17.8 Å². The Hall–Kier alpha value is -3.20. The van der Waals surface area contributed by atoms with Crippen LogP contribution in [0.4, 0.5) is 0 Å². The number of aliphatic hydroxyl groups is 1. The van der Waals surface area contributed by atoms with Gasteiger partial charge in [-0.2, -0.15) is 0 Å². The van der Waals surface area contributed by atoms with Gasteiger partial charge in [0.15, 0.2) is 0 Å². The zero-order valence-corrected chi connectivity index (χ0v) is 23.8. The molecule has 3 rings (SSSR count). The standard InChI is InChI=1S/C29H42N4O5/c1-17(19-9-11-20(12-10-19)22-16-38-32-18(22)2)30-26(36)23-13-21(34)15-33(23)27(37)25(29(6,7)8)31-24(35)14-28(3,4)5/h9-12,16-17,21,23,25,34H,13-15H2,1-8H3,(H,30,36)(H,31,35). The lowest BCUT2D eigenvalue weighted by atomic mass is 9.84. The fourth-order valence-corrected chi connectivity index (χ4v) is 4.73. The smallest absolute Gasteiger partial charge is 0.246 e.